The third kappa shape index (κ3) is 3.63. The second-order valence-electron chi connectivity index (χ2n) is 5.92. The quantitative estimate of drug-likeness (QED) is 0.528. The molecule has 0 spiro atoms. The lowest BCUT2D eigenvalue weighted by molar-refractivity contribution is -0.145. The number of unbranched alkanes of at least 4 members (excludes halogenated alkanes) is 1. The minimum Gasteiger partial charge on any atom is -0.426 e. The molecule has 2 aromatic carbocycles. The van der Waals surface area contributed by atoms with E-state index < -0.39 is 0 Å². The third-order valence-corrected chi connectivity index (χ3v) is 4.29. The van der Waals surface area contributed by atoms with Crippen molar-refractivity contribution in [1.82, 2.24) is 0 Å². The molecule has 0 aliphatic rings. The summed E-state index contributed by atoms with van der Waals surface area (Å²) >= 11 is 0. The number of esters is 1. The molecule has 112 valence electrons. The van der Waals surface area contributed by atoms with Gasteiger partial charge in [0.1, 0.15) is 5.75 Å². The number of rotatable bonds is 6. The minimum absolute atomic E-state index is 0.117. The van der Waals surface area contributed by atoms with Crippen molar-refractivity contribution in [3.8, 4) is 5.75 Å². The Kier molecular flexibility index (Phi) is 5.00. The SMILES string of the molecule is CCCCC(C)(CC)C(=O)Oc1ccc2ccccc2c1. The monoisotopic (exact) mass is 284 g/mol. The lowest BCUT2D eigenvalue weighted by Gasteiger charge is -2.25. The smallest absolute Gasteiger partial charge is 0.317 e. The first kappa shape index (κ1) is 15.6. The van der Waals surface area contributed by atoms with Crippen molar-refractivity contribution in [3.63, 3.8) is 0 Å². The summed E-state index contributed by atoms with van der Waals surface area (Å²) in [4.78, 5) is 12.5. The summed E-state index contributed by atoms with van der Waals surface area (Å²) in [5, 5.41) is 2.25. The molecule has 0 amide bonds. The first-order valence-electron chi connectivity index (χ1n) is 7.80. The Morgan fingerprint density at radius 2 is 1.81 bits per heavy atom. The summed E-state index contributed by atoms with van der Waals surface area (Å²) in [7, 11) is 0. The molecule has 0 aliphatic carbocycles. The first-order chi connectivity index (χ1) is 10.1. The van der Waals surface area contributed by atoms with Crippen LogP contribution in [0.5, 0.6) is 5.75 Å². The van der Waals surface area contributed by atoms with Crippen LogP contribution < -0.4 is 4.74 Å². The zero-order valence-electron chi connectivity index (χ0n) is 13.2. The molecule has 2 rings (SSSR count). The average Bonchev–Trinajstić information content (AvgIpc) is 2.52. The number of carbonyl (C=O) groups is 1. The lowest BCUT2D eigenvalue weighted by atomic mass is 9.82. The number of benzene rings is 2. The van der Waals surface area contributed by atoms with Gasteiger partial charge in [0.2, 0.25) is 0 Å². The molecule has 0 radical (unpaired) electrons. The van der Waals surface area contributed by atoms with Gasteiger partial charge in [0.05, 0.1) is 5.41 Å². The summed E-state index contributed by atoms with van der Waals surface area (Å²) in [5.41, 5.74) is -0.387. The first-order valence-corrected chi connectivity index (χ1v) is 7.80. The third-order valence-electron chi connectivity index (χ3n) is 4.29. The fraction of sp³-hybridized carbons (Fsp3) is 0.421. The van der Waals surface area contributed by atoms with Gasteiger partial charge in [0.15, 0.2) is 0 Å². The highest BCUT2D eigenvalue weighted by Crippen LogP contribution is 2.31. The molecular formula is C19H24O2. The van der Waals surface area contributed by atoms with Crippen molar-refractivity contribution < 1.29 is 9.53 Å². The molecule has 0 saturated carbocycles. The highest BCUT2D eigenvalue weighted by atomic mass is 16.5. The Labute approximate surface area is 127 Å². The van der Waals surface area contributed by atoms with Gasteiger partial charge in [0.25, 0.3) is 0 Å². The highest BCUT2D eigenvalue weighted by molar-refractivity contribution is 5.85. The molecule has 1 atom stereocenters. The van der Waals surface area contributed by atoms with E-state index in [0.29, 0.717) is 5.75 Å². The van der Waals surface area contributed by atoms with Crippen molar-refractivity contribution in [2.45, 2.75) is 46.5 Å². The topological polar surface area (TPSA) is 26.3 Å². The molecule has 0 aliphatic heterocycles. The van der Waals surface area contributed by atoms with E-state index in [1.165, 1.54) is 0 Å². The number of carbonyl (C=O) groups excluding carboxylic acids is 1. The van der Waals surface area contributed by atoms with E-state index in [0.717, 1.165) is 36.5 Å². The van der Waals surface area contributed by atoms with Crippen LogP contribution in [-0.4, -0.2) is 5.97 Å². The van der Waals surface area contributed by atoms with E-state index in [2.05, 4.69) is 19.9 Å². The van der Waals surface area contributed by atoms with Crippen LogP contribution in [0, 0.1) is 5.41 Å². The number of ether oxygens (including phenoxy) is 1. The van der Waals surface area contributed by atoms with Gasteiger partial charge in [-0.1, -0.05) is 57.0 Å². The zero-order valence-corrected chi connectivity index (χ0v) is 13.2. The standard InChI is InChI=1S/C19H24O2/c1-4-6-13-19(3,5-2)18(20)21-17-12-11-15-9-7-8-10-16(15)14-17/h7-12,14H,4-6,13H2,1-3H3. The normalized spacial score (nSPS) is 13.9. The van der Waals surface area contributed by atoms with Gasteiger partial charge in [-0.05, 0) is 42.7 Å². The van der Waals surface area contributed by atoms with Crippen molar-refractivity contribution >= 4 is 16.7 Å². The van der Waals surface area contributed by atoms with E-state index >= 15 is 0 Å². The van der Waals surface area contributed by atoms with Gasteiger partial charge >= 0.3 is 5.97 Å². The maximum atomic E-state index is 12.5. The molecule has 1 unspecified atom stereocenters. The molecule has 0 bridgehead atoms. The van der Waals surface area contributed by atoms with E-state index in [1.807, 2.05) is 43.3 Å². The van der Waals surface area contributed by atoms with Crippen LogP contribution in [0.15, 0.2) is 42.5 Å². The Hall–Kier alpha value is -1.83. The summed E-state index contributed by atoms with van der Waals surface area (Å²) < 4.78 is 5.64. The second kappa shape index (κ2) is 6.75. The molecule has 2 heteroatoms. The zero-order chi connectivity index (χ0) is 15.3. The Balaban J connectivity index is 2.16. The molecule has 0 saturated heterocycles. The lowest BCUT2D eigenvalue weighted by Crippen LogP contribution is -2.31. The van der Waals surface area contributed by atoms with Crippen molar-refractivity contribution in [2.75, 3.05) is 0 Å². The molecule has 2 aromatic rings. The highest BCUT2D eigenvalue weighted by Gasteiger charge is 2.32. The van der Waals surface area contributed by atoms with Crippen LogP contribution in [0.2, 0.25) is 0 Å². The fourth-order valence-corrected chi connectivity index (χ4v) is 2.45. The van der Waals surface area contributed by atoms with E-state index in [4.69, 9.17) is 4.74 Å². The second-order valence-corrected chi connectivity index (χ2v) is 5.92. The van der Waals surface area contributed by atoms with Gasteiger partial charge in [0, 0.05) is 0 Å². The predicted molar refractivity (Wildman–Crippen MR) is 87.5 cm³/mol. The Bertz CT molecular complexity index is 618. The molecule has 0 fully saturated rings. The van der Waals surface area contributed by atoms with Crippen LogP contribution in [0.3, 0.4) is 0 Å². The molecule has 0 aromatic heterocycles. The number of hydrogen-bond donors (Lipinski definition) is 0. The fourth-order valence-electron chi connectivity index (χ4n) is 2.45. The molecule has 2 nitrogen and oxygen atoms in total. The minimum atomic E-state index is -0.387. The predicted octanol–water partition coefficient (Wildman–Crippen LogP) is 5.35. The van der Waals surface area contributed by atoms with Crippen LogP contribution >= 0.6 is 0 Å². The maximum absolute atomic E-state index is 12.5. The summed E-state index contributed by atoms with van der Waals surface area (Å²) in [6.45, 7) is 6.20. The van der Waals surface area contributed by atoms with Crippen LogP contribution in [0.25, 0.3) is 10.8 Å². The number of hydrogen-bond acceptors (Lipinski definition) is 2. The molecular weight excluding hydrogens is 260 g/mol. The van der Waals surface area contributed by atoms with E-state index in [1.54, 1.807) is 0 Å². The van der Waals surface area contributed by atoms with Crippen molar-refractivity contribution in [3.05, 3.63) is 42.5 Å². The average molecular weight is 284 g/mol. The van der Waals surface area contributed by atoms with E-state index in [-0.39, 0.29) is 11.4 Å². The molecule has 0 N–H and O–H groups in total. The van der Waals surface area contributed by atoms with Crippen molar-refractivity contribution in [1.29, 1.82) is 0 Å². The largest absolute Gasteiger partial charge is 0.426 e. The van der Waals surface area contributed by atoms with Gasteiger partial charge in [-0.3, -0.25) is 4.79 Å². The van der Waals surface area contributed by atoms with Crippen molar-refractivity contribution in [2.24, 2.45) is 5.41 Å². The van der Waals surface area contributed by atoms with Gasteiger partial charge in [-0.2, -0.15) is 0 Å². The van der Waals surface area contributed by atoms with Crippen LogP contribution in [-0.2, 0) is 4.79 Å². The summed E-state index contributed by atoms with van der Waals surface area (Å²) in [5.74, 6) is 0.517. The van der Waals surface area contributed by atoms with Gasteiger partial charge in [-0.15, -0.1) is 0 Å². The molecule has 0 heterocycles. The van der Waals surface area contributed by atoms with E-state index in [9.17, 15) is 4.79 Å². The van der Waals surface area contributed by atoms with Gasteiger partial charge < -0.3 is 4.74 Å². The molecule has 21 heavy (non-hydrogen) atoms. The Morgan fingerprint density at radius 3 is 2.48 bits per heavy atom. The summed E-state index contributed by atoms with van der Waals surface area (Å²) in [6, 6.07) is 13.9. The Morgan fingerprint density at radius 1 is 1.10 bits per heavy atom. The van der Waals surface area contributed by atoms with Gasteiger partial charge in [-0.25, -0.2) is 0 Å². The summed E-state index contributed by atoms with van der Waals surface area (Å²) in [6.07, 6.45) is 3.84. The van der Waals surface area contributed by atoms with Crippen LogP contribution in [0.1, 0.15) is 46.5 Å². The number of fused-ring (bicyclic) bond motifs is 1. The van der Waals surface area contributed by atoms with Crippen LogP contribution in [0.4, 0.5) is 0 Å². The maximum Gasteiger partial charge on any atom is 0.317 e.